The minimum absolute atomic E-state index is 0.618. The van der Waals surface area contributed by atoms with Crippen molar-refractivity contribution in [2.75, 3.05) is 0 Å². The zero-order valence-corrected chi connectivity index (χ0v) is 12.0. The van der Waals surface area contributed by atoms with Crippen molar-refractivity contribution in [3.8, 4) is 0 Å². The number of rotatable bonds is 4. The molecule has 0 fully saturated rings. The number of aromatic nitrogens is 2. The van der Waals surface area contributed by atoms with Gasteiger partial charge in [-0.2, -0.15) is 0 Å². The van der Waals surface area contributed by atoms with Crippen LogP contribution in [0.4, 0.5) is 0 Å². The summed E-state index contributed by atoms with van der Waals surface area (Å²) in [7, 11) is 0. The van der Waals surface area contributed by atoms with E-state index in [1.54, 1.807) is 0 Å². The summed E-state index contributed by atoms with van der Waals surface area (Å²) in [4.78, 5) is 7.00. The van der Waals surface area contributed by atoms with Crippen LogP contribution in [-0.2, 0) is 0 Å². The first-order chi connectivity index (χ1) is 9.17. The maximum absolute atomic E-state index is 3.59. The highest BCUT2D eigenvalue weighted by molar-refractivity contribution is 5.96. The van der Waals surface area contributed by atoms with E-state index in [2.05, 4.69) is 55.0 Å². The molecule has 0 saturated heterocycles. The lowest BCUT2D eigenvalue weighted by molar-refractivity contribution is 0.615. The van der Waals surface area contributed by atoms with Crippen LogP contribution in [-0.4, -0.2) is 9.97 Å². The average molecular weight is 254 g/mol. The van der Waals surface area contributed by atoms with Crippen LogP contribution >= 0.6 is 0 Å². The minimum Gasteiger partial charge on any atom is -0.359 e. The molecule has 1 aromatic carbocycles. The molecule has 0 spiro atoms. The van der Waals surface area contributed by atoms with Crippen molar-refractivity contribution in [3.05, 3.63) is 35.7 Å². The summed E-state index contributed by atoms with van der Waals surface area (Å²) >= 11 is 0. The van der Waals surface area contributed by atoms with Crippen LogP contribution in [0.3, 0.4) is 0 Å². The molecule has 0 bridgehead atoms. The lowest BCUT2D eigenvalue weighted by atomic mass is 10.0. The summed E-state index contributed by atoms with van der Waals surface area (Å²) < 4.78 is 0. The first kappa shape index (κ1) is 12.3. The molecule has 2 heterocycles. The van der Waals surface area contributed by atoms with Gasteiger partial charge in [0, 0.05) is 33.2 Å². The van der Waals surface area contributed by atoms with Crippen molar-refractivity contribution in [3.63, 3.8) is 0 Å². The number of aryl methyl sites for hydroxylation is 1. The Labute approximate surface area is 114 Å². The van der Waals surface area contributed by atoms with E-state index in [0.29, 0.717) is 5.92 Å². The van der Waals surface area contributed by atoms with E-state index >= 15 is 0 Å². The van der Waals surface area contributed by atoms with Gasteiger partial charge in [0.05, 0.1) is 0 Å². The van der Waals surface area contributed by atoms with Gasteiger partial charge in [0.15, 0.2) is 0 Å². The molecule has 100 valence electrons. The highest BCUT2D eigenvalue weighted by Crippen LogP contribution is 2.28. The van der Waals surface area contributed by atoms with Gasteiger partial charge in [-0.15, -0.1) is 0 Å². The Morgan fingerprint density at radius 2 is 1.68 bits per heavy atom. The zero-order valence-electron chi connectivity index (χ0n) is 12.0. The minimum atomic E-state index is 0.618. The van der Waals surface area contributed by atoms with E-state index in [1.165, 1.54) is 52.5 Å². The summed E-state index contributed by atoms with van der Waals surface area (Å²) in [6, 6.07) is 9.02. The Bertz CT molecular complexity index is 652. The lowest BCUT2D eigenvalue weighted by Crippen LogP contribution is -1.92. The number of fused-ring (bicyclic) bond motifs is 2. The normalized spacial score (nSPS) is 13.4. The van der Waals surface area contributed by atoms with Crippen LogP contribution in [0, 0.1) is 6.92 Å². The van der Waals surface area contributed by atoms with Crippen LogP contribution in [0.5, 0.6) is 0 Å². The predicted molar refractivity (Wildman–Crippen MR) is 82.8 cm³/mol. The molecule has 2 heteroatoms. The molecule has 3 aromatic rings. The van der Waals surface area contributed by atoms with Crippen molar-refractivity contribution < 1.29 is 0 Å². The third-order valence-corrected chi connectivity index (χ3v) is 4.04. The Balaban J connectivity index is 2.00. The summed E-state index contributed by atoms with van der Waals surface area (Å²) in [6.45, 7) is 6.67. The summed E-state index contributed by atoms with van der Waals surface area (Å²) in [5.41, 5.74) is 5.08. The van der Waals surface area contributed by atoms with Gasteiger partial charge in [0.1, 0.15) is 0 Å². The Hall–Kier alpha value is -1.70. The van der Waals surface area contributed by atoms with Gasteiger partial charge in [0.2, 0.25) is 0 Å². The highest BCUT2D eigenvalue weighted by Gasteiger charge is 2.09. The monoisotopic (exact) mass is 254 g/mol. The molecule has 0 radical (unpaired) electrons. The maximum atomic E-state index is 3.59. The fourth-order valence-corrected chi connectivity index (χ4v) is 2.86. The molecular weight excluding hydrogens is 232 g/mol. The van der Waals surface area contributed by atoms with Gasteiger partial charge < -0.3 is 9.97 Å². The second-order valence-corrected chi connectivity index (χ2v) is 5.75. The molecular formula is C17H22N2. The van der Waals surface area contributed by atoms with Gasteiger partial charge >= 0.3 is 0 Å². The molecule has 2 N–H and O–H groups in total. The van der Waals surface area contributed by atoms with Gasteiger partial charge in [-0.1, -0.05) is 26.7 Å². The molecule has 1 unspecified atom stereocenters. The first-order valence-corrected chi connectivity index (χ1v) is 7.29. The first-order valence-electron chi connectivity index (χ1n) is 7.29. The van der Waals surface area contributed by atoms with Crippen LogP contribution < -0.4 is 0 Å². The number of H-pyrrole nitrogens is 2. The Morgan fingerprint density at radius 3 is 2.42 bits per heavy atom. The standard InChI is InChI=1S/C17H22N2/c1-4-5-6-11(2)15-8-14-10-16-13(7-12(3)18-16)9-17(14)19-15/h7-11,18-19H,4-6H2,1-3H3. The third kappa shape index (κ3) is 2.27. The number of nitrogens with one attached hydrogen (secondary N) is 2. The van der Waals surface area contributed by atoms with Crippen molar-refractivity contribution in [2.45, 2.75) is 46.0 Å². The van der Waals surface area contributed by atoms with E-state index in [0.717, 1.165) is 0 Å². The second-order valence-electron chi connectivity index (χ2n) is 5.75. The predicted octanol–water partition coefficient (Wildman–Crippen LogP) is 5.25. The molecule has 0 aliphatic carbocycles. The van der Waals surface area contributed by atoms with Crippen molar-refractivity contribution in [2.24, 2.45) is 0 Å². The SMILES string of the molecule is CCCCC(C)c1cc2cc3[nH]c(C)cc3cc2[nH]1. The largest absolute Gasteiger partial charge is 0.359 e. The van der Waals surface area contributed by atoms with Crippen LogP contribution in [0.15, 0.2) is 24.3 Å². The van der Waals surface area contributed by atoms with E-state index in [-0.39, 0.29) is 0 Å². The fourth-order valence-electron chi connectivity index (χ4n) is 2.86. The summed E-state index contributed by atoms with van der Waals surface area (Å²) in [5.74, 6) is 0.618. The quantitative estimate of drug-likeness (QED) is 0.637. The van der Waals surface area contributed by atoms with Gasteiger partial charge in [-0.3, -0.25) is 0 Å². The highest BCUT2D eigenvalue weighted by atomic mass is 14.7. The van der Waals surface area contributed by atoms with E-state index < -0.39 is 0 Å². The zero-order chi connectivity index (χ0) is 13.4. The van der Waals surface area contributed by atoms with Crippen LogP contribution in [0.2, 0.25) is 0 Å². The van der Waals surface area contributed by atoms with Crippen molar-refractivity contribution in [1.82, 2.24) is 9.97 Å². The maximum Gasteiger partial charge on any atom is 0.0463 e. The van der Waals surface area contributed by atoms with Crippen molar-refractivity contribution in [1.29, 1.82) is 0 Å². The molecule has 0 aliphatic rings. The molecule has 19 heavy (non-hydrogen) atoms. The van der Waals surface area contributed by atoms with Gasteiger partial charge in [-0.05, 0) is 43.5 Å². The topological polar surface area (TPSA) is 31.6 Å². The van der Waals surface area contributed by atoms with Gasteiger partial charge in [0.25, 0.3) is 0 Å². The van der Waals surface area contributed by atoms with E-state index in [9.17, 15) is 0 Å². The lowest BCUT2D eigenvalue weighted by Gasteiger charge is -2.07. The Morgan fingerprint density at radius 1 is 1.00 bits per heavy atom. The fraction of sp³-hybridized carbons (Fsp3) is 0.412. The number of aromatic amines is 2. The molecule has 0 aliphatic heterocycles. The van der Waals surface area contributed by atoms with E-state index in [4.69, 9.17) is 0 Å². The number of unbranched alkanes of at least 4 members (excludes halogenated alkanes) is 1. The average Bonchev–Trinajstić information content (AvgIpc) is 2.93. The molecule has 2 nitrogen and oxygen atoms in total. The smallest absolute Gasteiger partial charge is 0.0463 e. The van der Waals surface area contributed by atoms with E-state index in [1.807, 2.05) is 0 Å². The molecule has 3 rings (SSSR count). The second kappa shape index (κ2) is 4.76. The molecule has 1 atom stereocenters. The van der Waals surface area contributed by atoms with Crippen LogP contribution in [0.25, 0.3) is 21.8 Å². The summed E-state index contributed by atoms with van der Waals surface area (Å²) in [6.07, 6.45) is 3.84. The molecule has 0 amide bonds. The Kier molecular flexibility index (Phi) is 3.09. The number of hydrogen-bond donors (Lipinski definition) is 2. The summed E-state index contributed by atoms with van der Waals surface area (Å²) in [5, 5.41) is 2.60. The van der Waals surface area contributed by atoms with Gasteiger partial charge in [-0.25, -0.2) is 0 Å². The number of benzene rings is 1. The van der Waals surface area contributed by atoms with Crippen LogP contribution in [0.1, 0.15) is 50.4 Å². The molecule has 2 aromatic heterocycles. The molecule has 0 saturated carbocycles. The third-order valence-electron chi connectivity index (χ3n) is 4.04. The van der Waals surface area contributed by atoms with Crippen molar-refractivity contribution >= 4 is 21.8 Å². The number of hydrogen-bond acceptors (Lipinski definition) is 0.